The largest absolute Gasteiger partial charge is 0.321 e. The second-order valence-electron chi connectivity index (χ2n) is 7.16. The maximum Gasteiger partial charge on any atom is 0.265 e. The SMILES string of the molecule is Cc1ccc([C@H]2c3cccn3-c3ccccc3CN2C(=O)c2cccs2)cc1. The summed E-state index contributed by atoms with van der Waals surface area (Å²) in [7, 11) is 0. The fraction of sp³-hybridized carbons (Fsp3) is 0.125. The summed E-state index contributed by atoms with van der Waals surface area (Å²) in [5, 5.41) is 1.96. The molecular formula is C24H20N2OS. The summed E-state index contributed by atoms with van der Waals surface area (Å²) in [4.78, 5) is 16.3. The Bertz CT molecular complexity index is 1130. The highest BCUT2D eigenvalue weighted by Crippen LogP contribution is 2.37. The predicted octanol–water partition coefficient (Wildman–Crippen LogP) is 5.59. The number of aromatic nitrogens is 1. The van der Waals surface area contributed by atoms with E-state index in [9.17, 15) is 4.79 Å². The number of amides is 1. The number of hydrogen-bond acceptors (Lipinski definition) is 2. The fourth-order valence-electron chi connectivity index (χ4n) is 3.98. The van der Waals surface area contributed by atoms with E-state index in [4.69, 9.17) is 0 Å². The highest BCUT2D eigenvalue weighted by molar-refractivity contribution is 7.12. The number of carbonyl (C=O) groups excluding carboxylic acids is 1. The van der Waals surface area contributed by atoms with Crippen molar-refractivity contribution in [1.82, 2.24) is 9.47 Å². The number of para-hydroxylation sites is 1. The molecule has 4 heteroatoms. The molecule has 0 aliphatic carbocycles. The average molecular weight is 385 g/mol. The molecule has 1 aliphatic rings. The van der Waals surface area contributed by atoms with Crippen LogP contribution in [0, 0.1) is 6.92 Å². The van der Waals surface area contributed by atoms with Gasteiger partial charge in [0.2, 0.25) is 0 Å². The molecule has 0 spiro atoms. The third-order valence-corrected chi connectivity index (χ3v) is 6.21. The van der Waals surface area contributed by atoms with Crippen molar-refractivity contribution in [2.24, 2.45) is 0 Å². The van der Waals surface area contributed by atoms with Crippen molar-refractivity contribution in [2.75, 3.05) is 0 Å². The highest BCUT2D eigenvalue weighted by Gasteiger charge is 2.33. The van der Waals surface area contributed by atoms with Crippen LogP contribution in [0.15, 0.2) is 84.4 Å². The molecule has 0 saturated carbocycles. The molecule has 0 saturated heterocycles. The predicted molar refractivity (Wildman–Crippen MR) is 113 cm³/mol. The molecule has 0 fully saturated rings. The van der Waals surface area contributed by atoms with Crippen molar-refractivity contribution >= 4 is 17.2 Å². The van der Waals surface area contributed by atoms with E-state index in [1.807, 2.05) is 28.5 Å². The van der Waals surface area contributed by atoms with Crippen molar-refractivity contribution < 1.29 is 4.79 Å². The fourth-order valence-corrected chi connectivity index (χ4v) is 4.66. The first-order chi connectivity index (χ1) is 13.7. The summed E-state index contributed by atoms with van der Waals surface area (Å²) in [6.07, 6.45) is 2.09. The van der Waals surface area contributed by atoms with Crippen molar-refractivity contribution in [3.05, 3.63) is 112 Å². The Kier molecular flexibility index (Phi) is 4.14. The van der Waals surface area contributed by atoms with Crippen LogP contribution in [0.3, 0.4) is 0 Å². The number of rotatable bonds is 2. The lowest BCUT2D eigenvalue weighted by atomic mass is 10.00. The Morgan fingerprint density at radius 3 is 2.57 bits per heavy atom. The molecule has 138 valence electrons. The molecule has 1 amide bonds. The number of carbonyl (C=O) groups is 1. The van der Waals surface area contributed by atoms with E-state index in [1.54, 1.807) is 0 Å². The molecule has 2 aromatic heterocycles. The van der Waals surface area contributed by atoms with Crippen LogP contribution in [0.5, 0.6) is 0 Å². The maximum absolute atomic E-state index is 13.5. The highest BCUT2D eigenvalue weighted by atomic mass is 32.1. The minimum absolute atomic E-state index is 0.0741. The van der Waals surface area contributed by atoms with Crippen LogP contribution in [0.2, 0.25) is 0 Å². The number of nitrogens with zero attached hydrogens (tertiary/aromatic N) is 2. The van der Waals surface area contributed by atoms with E-state index in [0.717, 1.165) is 27.4 Å². The second kappa shape index (κ2) is 6.80. The van der Waals surface area contributed by atoms with Gasteiger partial charge < -0.3 is 9.47 Å². The van der Waals surface area contributed by atoms with Gasteiger partial charge in [-0.1, -0.05) is 54.1 Å². The molecule has 0 bridgehead atoms. The third-order valence-electron chi connectivity index (χ3n) is 5.35. The number of benzene rings is 2. The molecule has 3 heterocycles. The quantitative estimate of drug-likeness (QED) is 0.442. The summed E-state index contributed by atoms with van der Waals surface area (Å²) in [5.74, 6) is 0.0741. The van der Waals surface area contributed by atoms with Gasteiger partial charge in [0.05, 0.1) is 16.6 Å². The summed E-state index contributed by atoms with van der Waals surface area (Å²) in [5.41, 5.74) is 5.75. The van der Waals surface area contributed by atoms with Crippen molar-refractivity contribution in [3.8, 4) is 5.69 Å². The molecule has 0 radical (unpaired) electrons. The molecule has 3 nitrogen and oxygen atoms in total. The maximum atomic E-state index is 13.5. The first kappa shape index (κ1) is 17.0. The summed E-state index contributed by atoms with van der Waals surface area (Å²) < 4.78 is 2.22. The van der Waals surface area contributed by atoms with Gasteiger partial charge in [0.25, 0.3) is 5.91 Å². The Morgan fingerprint density at radius 1 is 0.964 bits per heavy atom. The van der Waals surface area contributed by atoms with E-state index in [-0.39, 0.29) is 11.9 Å². The van der Waals surface area contributed by atoms with Gasteiger partial charge in [-0.15, -0.1) is 11.3 Å². The first-order valence-corrected chi connectivity index (χ1v) is 10.3. The van der Waals surface area contributed by atoms with Crippen molar-refractivity contribution in [3.63, 3.8) is 0 Å². The lowest BCUT2D eigenvalue weighted by Gasteiger charge is -2.30. The molecule has 0 unspecified atom stereocenters. The molecule has 4 aromatic rings. The Labute approximate surface area is 168 Å². The van der Waals surface area contributed by atoms with Crippen molar-refractivity contribution in [2.45, 2.75) is 19.5 Å². The van der Waals surface area contributed by atoms with Gasteiger partial charge in [0.1, 0.15) is 0 Å². The summed E-state index contributed by atoms with van der Waals surface area (Å²) in [6, 6.07) is 24.8. The van der Waals surface area contributed by atoms with Crippen LogP contribution in [0.1, 0.15) is 38.1 Å². The lowest BCUT2D eigenvalue weighted by molar-refractivity contribution is 0.0696. The monoisotopic (exact) mass is 384 g/mol. The molecule has 0 N–H and O–H groups in total. The Morgan fingerprint density at radius 2 is 1.79 bits per heavy atom. The van der Waals surface area contributed by atoms with E-state index in [1.165, 1.54) is 16.9 Å². The van der Waals surface area contributed by atoms with Crippen LogP contribution >= 0.6 is 11.3 Å². The van der Waals surface area contributed by atoms with Crippen LogP contribution in [-0.4, -0.2) is 15.4 Å². The zero-order chi connectivity index (χ0) is 19.1. The molecule has 1 aliphatic heterocycles. The molecule has 1 atom stereocenters. The zero-order valence-electron chi connectivity index (χ0n) is 15.6. The van der Waals surface area contributed by atoms with Gasteiger partial charge in [-0.05, 0) is 47.7 Å². The zero-order valence-corrected chi connectivity index (χ0v) is 16.4. The van der Waals surface area contributed by atoms with Gasteiger partial charge in [-0.3, -0.25) is 4.79 Å². The first-order valence-electron chi connectivity index (χ1n) is 9.39. The lowest BCUT2D eigenvalue weighted by Crippen LogP contribution is -2.34. The van der Waals surface area contributed by atoms with Crippen LogP contribution in [-0.2, 0) is 6.54 Å². The van der Waals surface area contributed by atoms with E-state index >= 15 is 0 Å². The van der Waals surface area contributed by atoms with Gasteiger partial charge in [-0.2, -0.15) is 0 Å². The van der Waals surface area contributed by atoms with Crippen LogP contribution in [0.25, 0.3) is 5.69 Å². The van der Waals surface area contributed by atoms with Crippen LogP contribution in [0.4, 0.5) is 0 Å². The van der Waals surface area contributed by atoms with E-state index in [2.05, 4.69) is 72.3 Å². The topological polar surface area (TPSA) is 25.2 Å². The molecular weight excluding hydrogens is 364 g/mol. The number of fused-ring (bicyclic) bond motifs is 3. The second-order valence-corrected chi connectivity index (χ2v) is 8.10. The van der Waals surface area contributed by atoms with Crippen LogP contribution < -0.4 is 0 Å². The van der Waals surface area contributed by atoms with Gasteiger partial charge in [-0.25, -0.2) is 0 Å². The molecule has 28 heavy (non-hydrogen) atoms. The normalized spacial score (nSPS) is 15.6. The summed E-state index contributed by atoms with van der Waals surface area (Å²) >= 11 is 1.50. The molecule has 2 aromatic carbocycles. The minimum Gasteiger partial charge on any atom is -0.321 e. The Balaban J connectivity index is 1.73. The summed E-state index contributed by atoms with van der Waals surface area (Å²) in [6.45, 7) is 2.66. The van der Waals surface area contributed by atoms with Gasteiger partial charge in [0, 0.05) is 18.4 Å². The Hall–Kier alpha value is -3.11. The number of thiophene rings is 1. The third kappa shape index (κ3) is 2.77. The minimum atomic E-state index is -0.141. The van der Waals surface area contributed by atoms with Gasteiger partial charge in [0.15, 0.2) is 0 Å². The number of hydrogen-bond donors (Lipinski definition) is 0. The van der Waals surface area contributed by atoms with Crippen molar-refractivity contribution in [1.29, 1.82) is 0 Å². The van der Waals surface area contributed by atoms with E-state index in [0.29, 0.717) is 6.54 Å². The van der Waals surface area contributed by atoms with Gasteiger partial charge >= 0.3 is 0 Å². The standard InChI is InChI=1S/C24H20N2OS/c1-17-10-12-18(13-11-17)23-21-8-4-14-25(21)20-7-3-2-6-19(20)16-26(23)24(27)22-9-5-15-28-22/h2-15,23H,16H2,1H3/t23-/m0/s1. The average Bonchev–Trinajstić information content (AvgIpc) is 3.39. The smallest absolute Gasteiger partial charge is 0.265 e. The number of aryl methyl sites for hydroxylation is 1. The van der Waals surface area contributed by atoms with E-state index < -0.39 is 0 Å². The molecule has 5 rings (SSSR count).